The van der Waals surface area contributed by atoms with Crippen molar-refractivity contribution in [2.45, 2.75) is 201 Å². The molecule has 0 aliphatic carbocycles. The molecule has 1 unspecified atom stereocenters. The number of aryl methyl sites for hydroxylation is 1. The number of hydrogen-bond donors (Lipinski definition) is 1. The highest BCUT2D eigenvalue weighted by atomic mass is 16.6. The predicted molar refractivity (Wildman–Crippen MR) is 192 cm³/mol. The zero-order valence-electron chi connectivity index (χ0n) is 31.9. The first-order chi connectivity index (χ1) is 22.9. The first-order valence-electron chi connectivity index (χ1n) is 19.0. The van der Waals surface area contributed by atoms with Crippen molar-refractivity contribution in [3.63, 3.8) is 0 Å². The summed E-state index contributed by atoms with van der Waals surface area (Å²) >= 11 is 0. The van der Waals surface area contributed by atoms with Gasteiger partial charge in [-0.2, -0.15) is 0 Å². The molecule has 1 rings (SSSR count). The van der Waals surface area contributed by atoms with Gasteiger partial charge in [-0.15, -0.1) is 5.10 Å². The van der Waals surface area contributed by atoms with Gasteiger partial charge in [0, 0.05) is 31.9 Å². The molecule has 1 aromatic heterocycles. The van der Waals surface area contributed by atoms with Crippen LogP contribution in [-0.2, 0) is 41.6 Å². The highest BCUT2D eigenvalue weighted by Gasteiger charge is 2.29. The fourth-order valence-electron chi connectivity index (χ4n) is 5.01. The van der Waals surface area contributed by atoms with Crippen LogP contribution in [0.2, 0.25) is 0 Å². The first kappa shape index (κ1) is 45.7. The van der Waals surface area contributed by atoms with Crippen LogP contribution in [0.5, 0.6) is 0 Å². The number of ether oxygens (including phenoxy) is 3. The third-order valence-corrected chi connectivity index (χ3v) is 8.13. The molecule has 10 nitrogen and oxygen atoms in total. The summed E-state index contributed by atoms with van der Waals surface area (Å²) in [6, 6.07) is 0. The van der Waals surface area contributed by atoms with Gasteiger partial charge in [-0.3, -0.25) is 14.4 Å². The monoisotopic (exact) mass is 682 g/mol. The molecule has 48 heavy (non-hydrogen) atoms. The predicted octanol–water partition coefficient (Wildman–Crippen LogP) is 8.50. The Hall–Kier alpha value is -2.33. The van der Waals surface area contributed by atoms with Gasteiger partial charge >= 0.3 is 11.9 Å². The molecule has 0 bridgehead atoms. The molecule has 1 atom stereocenters. The number of ketones is 1. The van der Waals surface area contributed by atoms with Crippen LogP contribution in [0.1, 0.15) is 177 Å². The van der Waals surface area contributed by atoms with Crippen LogP contribution in [0.25, 0.3) is 0 Å². The van der Waals surface area contributed by atoms with E-state index >= 15 is 0 Å². The molecule has 0 aliphatic heterocycles. The number of aromatic nitrogens is 3. The second-order valence-corrected chi connectivity index (χ2v) is 13.8. The normalized spacial score (nSPS) is 12.3. The number of carbonyl (C=O) groups is 3. The van der Waals surface area contributed by atoms with E-state index in [0.29, 0.717) is 31.4 Å². The second kappa shape index (κ2) is 27.5. The summed E-state index contributed by atoms with van der Waals surface area (Å²) in [4.78, 5) is 37.9. The molecule has 1 N–H and O–H groups in total. The molecule has 0 saturated heterocycles. The molecule has 0 aromatic carbocycles. The number of nitrogens with zero attached hydrogens (tertiary/aromatic N) is 3. The van der Waals surface area contributed by atoms with E-state index in [-0.39, 0.29) is 43.9 Å². The van der Waals surface area contributed by atoms with E-state index in [2.05, 4.69) is 24.2 Å². The highest BCUT2D eigenvalue weighted by Crippen LogP contribution is 2.18. The Bertz CT molecular complexity index is 972. The summed E-state index contributed by atoms with van der Waals surface area (Å²) < 4.78 is 18.6. The van der Waals surface area contributed by atoms with E-state index in [1.165, 1.54) is 51.4 Å². The van der Waals surface area contributed by atoms with Crippen molar-refractivity contribution in [3.05, 3.63) is 11.9 Å². The molecule has 10 heteroatoms. The van der Waals surface area contributed by atoms with Crippen LogP contribution in [0, 0.1) is 0 Å². The quantitative estimate of drug-likeness (QED) is 0.0653. The molecular formula is C38H71N3O7. The largest absolute Gasteiger partial charge is 0.462 e. The number of carbonyl (C=O) groups excluding carboxylic acids is 3. The smallest absolute Gasteiger partial charge is 0.306 e. The molecule has 0 spiro atoms. The van der Waals surface area contributed by atoms with E-state index in [4.69, 9.17) is 14.2 Å². The van der Waals surface area contributed by atoms with Gasteiger partial charge in [-0.25, -0.2) is 4.68 Å². The lowest BCUT2D eigenvalue weighted by atomic mass is 9.98. The average molecular weight is 682 g/mol. The molecule has 1 aromatic rings. The molecule has 0 amide bonds. The van der Waals surface area contributed by atoms with Crippen molar-refractivity contribution in [1.29, 1.82) is 0 Å². The summed E-state index contributed by atoms with van der Waals surface area (Å²) in [6.07, 6.45) is 18.3. The van der Waals surface area contributed by atoms with Crippen LogP contribution >= 0.6 is 0 Å². The van der Waals surface area contributed by atoms with E-state index in [1.54, 1.807) is 38.6 Å². The van der Waals surface area contributed by atoms with Gasteiger partial charge in [0.2, 0.25) is 0 Å². The fourth-order valence-corrected chi connectivity index (χ4v) is 5.01. The number of rotatable bonds is 29. The molecule has 280 valence electrons. The van der Waals surface area contributed by atoms with Crippen LogP contribution in [-0.4, -0.2) is 68.3 Å². The van der Waals surface area contributed by atoms with E-state index in [9.17, 15) is 19.5 Å². The van der Waals surface area contributed by atoms with Crippen LogP contribution in [0.3, 0.4) is 0 Å². The summed E-state index contributed by atoms with van der Waals surface area (Å²) in [7, 11) is 0. The minimum absolute atomic E-state index is 0.0397. The van der Waals surface area contributed by atoms with E-state index in [1.807, 2.05) is 13.8 Å². The van der Waals surface area contributed by atoms with E-state index < -0.39 is 17.3 Å². The van der Waals surface area contributed by atoms with Crippen LogP contribution in [0.4, 0.5) is 0 Å². The van der Waals surface area contributed by atoms with Gasteiger partial charge in [-0.1, -0.05) is 110 Å². The zero-order valence-corrected chi connectivity index (χ0v) is 31.9. The Kier molecular flexibility index (Phi) is 26.2. The first-order valence-corrected chi connectivity index (χ1v) is 19.0. The Balaban J connectivity index is 0.0000108. The van der Waals surface area contributed by atoms with Gasteiger partial charge in [-0.05, 0) is 47.0 Å². The lowest BCUT2D eigenvalue weighted by Crippen LogP contribution is -2.37. The standard InChI is InChI=1S/C36H65N3O7.C2H6/c1-7-9-11-13-15-17-19-21-33(41)44-29-31(46-34(42)22-20-18-16-14-12-10-8-2)28-39-27-30(37-38-39)23-24-32(40)36(5,6)45-26-25-35(3,4)43;1-2/h27,31,43H,7-26,28-29H2,1-6H3;1-2H3. The zero-order chi connectivity index (χ0) is 36.3. The second-order valence-electron chi connectivity index (χ2n) is 13.8. The Morgan fingerprint density at radius 2 is 1.31 bits per heavy atom. The molecule has 0 aliphatic rings. The minimum atomic E-state index is -0.977. The number of esters is 2. The minimum Gasteiger partial charge on any atom is -0.462 e. The maximum absolute atomic E-state index is 12.8. The van der Waals surface area contributed by atoms with Crippen LogP contribution < -0.4 is 0 Å². The van der Waals surface area contributed by atoms with Crippen molar-refractivity contribution in [2.24, 2.45) is 0 Å². The van der Waals surface area contributed by atoms with Gasteiger partial charge in [0.25, 0.3) is 0 Å². The fraction of sp³-hybridized carbons (Fsp3) is 0.868. The third kappa shape index (κ3) is 24.8. The van der Waals surface area contributed by atoms with Gasteiger partial charge in [0.1, 0.15) is 12.2 Å². The molecule has 1 heterocycles. The topological polar surface area (TPSA) is 130 Å². The summed E-state index contributed by atoms with van der Waals surface area (Å²) in [5.74, 6) is -0.658. The molecule has 0 saturated carbocycles. The molecule has 0 radical (unpaired) electrons. The maximum atomic E-state index is 12.8. The number of hydrogen-bond acceptors (Lipinski definition) is 9. The Morgan fingerprint density at radius 3 is 1.85 bits per heavy atom. The van der Waals surface area contributed by atoms with Gasteiger partial charge in [0.05, 0.1) is 24.4 Å². The lowest BCUT2D eigenvalue weighted by Gasteiger charge is -2.26. The van der Waals surface area contributed by atoms with Crippen molar-refractivity contribution >= 4 is 17.7 Å². The van der Waals surface area contributed by atoms with Gasteiger partial charge in [0.15, 0.2) is 11.9 Å². The molecule has 0 fully saturated rings. The average Bonchev–Trinajstić information content (AvgIpc) is 3.48. The summed E-state index contributed by atoms with van der Waals surface area (Å²) in [5.41, 5.74) is -1.21. The van der Waals surface area contributed by atoms with Gasteiger partial charge < -0.3 is 19.3 Å². The van der Waals surface area contributed by atoms with Crippen molar-refractivity contribution in [3.8, 4) is 0 Å². The number of aliphatic hydroxyl groups is 1. The van der Waals surface area contributed by atoms with Crippen molar-refractivity contribution in [1.82, 2.24) is 15.0 Å². The van der Waals surface area contributed by atoms with E-state index in [0.717, 1.165) is 38.5 Å². The summed E-state index contributed by atoms with van der Waals surface area (Å²) in [6.45, 7) is 15.7. The molecular weight excluding hydrogens is 610 g/mol. The SMILES string of the molecule is CC.CCCCCCCCCC(=O)OCC(Cn1cc(CCC(=O)C(C)(C)OCCC(C)(C)O)nn1)OC(=O)CCCCCCCCC. The summed E-state index contributed by atoms with van der Waals surface area (Å²) in [5, 5.41) is 18.3. The lowest BCUT2D eigenvalue weighted by molar-refractivity contribution is -0.160. The highest BCUT2D eigenvalue weighted by molar-refractivity contribution is 5.86. The number of Topliss-reactive ketones (excluding diaryl/α,β-unsaturated/α-hetero) is 1. The maximum Gasteiger partial charge on any atom is 0.306 e. The van der Waals surface area contributed by atoms with Crippen molar-refractivity contribution < 1.29 is 33.7 Å². The third-order valence-electron chi connectivity index (χ3n) is 8.13. The Labute approximate surface area is 292 Å². The van der Waals surface area contributed by atoms with Crippen molar-refractivity contribution in [2.75, 3.05) is 13.2 Å². The number of unbranched alkanes of at least 4 members (excludes halogenated alkanes) is 12. The van der Waals surface area contributed by atoms with Crippen LogP contribution in [0.15, 0.2) is 6.20 Å². The Morgan fingerprint density at radius 1 is 0.792 bits per heavy atom.